The third-order valence-electron chi connectivity index (χ3n) is 6.14. The summed E-state index contributed by atoms with van der Waals surface area (Å²) in [6, 6.07) is 7.82. The second-order valence-corrected chi connectivity index (χ2v) is 9.34. The Morgan fingerprint density at radius 2 is 1.84 bits per heavy atom. The van der Waals surface area contributed by atoms with Gasteiger partial charge in [0.1, 0.15) is 23.9 Å². The summed E-state index contributed by atoms with van der Waals surface area (Å²) in [5.74, 6) is -2.18. The van der Waals surface area contributed by atoms with Gasteiger partial charge in [-0.25, -0.2) is 9.78 Å². The summed E-state index contributed by atoms with van der Waals surface area (Å²) in [5.41, 5.74) is 0.679. The van der Waals surface area contributed by atoms with E-state index >= 15 is 0 Å². The summed E-state index contributed by atoms with van der Waals surface area (Å²) in [6.45, 7) is 2.28. The van der Waals surface area contributed by atoms with Crippen LogP contribution in [0.25, 0.3) is 5.76 Å². The summed E-state index contributed by atoms with van der Waals surface area (Å²) in [7, 11) is 2.58. The normalized spacial score (nSPS) is 18.0. The Balaban J connectivity index is 1.71. The van der Waals surface area contributed by atoms with E-state index in [2.05, 4.69) is 4.98 Å². The van der Waals surface area contributed by atoms with Crippen molar-refractivity contribution < 1.29 is 43.5 Å². The van der Waals surface area contributed by atoms with E-state index in [4.69, 9.17) is 18.9 Å². The molecule has 0 bridgehead atoms. The van der Waals surface area contributed by atoms with E-state index in [1.807, 2.05) is 0 Å². The van der Waals surface area contributed by atoms with Gasteiger partial charge in [0.2, 0.25) is 0 Å². The molecule has 0 aliphatic carbocycles. The van der Waals surface area contributed by atoms with Gasteiger partial charge in [0.05, 0.1) is 31.5 Å². The predicted octanol–water partition coefficient (Wildman–Crippen LogP) is 3.35. The van der Waals surface area contributed by atoms with Crippen molar-refractivity contribution in [1.82, 2.24) is 4.98 Å². The number of ketones is 1. The number of aliphatic hydroxyl groups is 1. The van der Waals surface area contributed by atoms with E-state index in [0.717, 1.165) is 16.2 Å². The molecule has 1 amide bonds. The van der Waals surface area contributed by atoms with Crippen molar-refractivity contribution in [1.29, 1.82) is 0 Å². The van der Waals surface area contributed by atoms with Crippen molar-refractivity contribution in [2.45, 2.75) is 13.0 Å². The van der Waals surface area contributed by atoms with E-state index in [0.29, 0.717) is 36.0 Å². The van der Waals surface area contributed by atoms with Crippen LogP contribution in [0.4, 0.5) is 5.13 Å². The number of esters is 1. The van der Waals surface area contributed by atoms with Gasteiger partial charge in [-0.15, -0.1) is 0 Å². The average Bonchev–Trinajstić information content (AvgIpc) is 3.44. The van der Waals surface area contributed by atoms with Crippen LogP contribution in [-0.4, -0.2) is 60.3 Å². The highest BCUT2D eigenvalue weighted by molar-refractivity contribution is 7.17. The molecule has 2 aliphatic heterocycles. The standard InChI is InChI=1S/C26H22N2O9S/c1-12-23(25(33)35-3)38-26(27-12)28-20(13-4-6-15(29)17(10-13)34-2)19(22(31)24(28)32)21(30)14-5-7-16-18(11-14)37-9-8-36-16/h4-7,10-11,20,29-30H,8-9H2,1-3H3. The number of nitrogens with zero attached hydrogens (tertiary/aromatic N) is 2. The van der Waals surface area contributed by atoms with Gasteiger partial charge in [-0.3, -0.25) is 14.5 Å². The lowest BCUT2D eigenvalue weighted by molar-refractivity contribution is -0.132. The molecule has 0 saturated carbocycles. The van der Waals surface area contributed by atoms with E-state index in [9.17, 15) is 24.6 Å². The van der Waals surface area contributed by atoms with Crippen molar-refractivity contribution in [3.05, 3.63) is 63.7 Å². The smallest absolute Gasteiger partial charge is 0.350 e. The number of anilines is 1. The van der Waals surface area contributed by atoms with Gasteiger partial charge in [0.15, 0.2) is 28.1 Å². The monoisotopic (exact) mass is 538 g/mol. The number of aliphatic hydroxyl groups excluding tert-OH is 1. The number of Topliss-reactive ketones (excluding diaryl/α,β-unsaturated/α-hetero) is 1. The minimum absolute atomic E-state index is 0.0586. The Morgan fingerprint density at radius 1 is 1.11 bits per heavy atom. The zero-order valence-corrected chi connectivity index (χ0v) is 21.3. The zero-order valence-electron chi connectivity index (χ0n) is 20.5. The fraction of sp³-hybridized carbons (Fsp3) is 0.231. The molecule has 3 aromatic rings. The first-order valence-corrected chi connectivity index (χ1v) is 12.2. The quantitative estimate of drug-likeness (QED) is 0.215. The minimum Gasteiger partial charge on any atom is -0.507 e. The third kappa shape index (κ3) is 4.08. The van der Waals surface area contributed by atoms with Crippen LogP contribution in [0.15, 0.2) is 42.0 Å². The van der Waals surface area contributed by atoms with E-state index in [1.165, 1.54) is 38.5 Å². The van der Waals surface area contributed by atoms with E-state index < -0.39 is 29.5 Å². The molecular weight excluding hydrogens is 516 g/mol. The molecule has 38 heavy (non-hydrogen) atoms. The van der Waals surface area contributed by atoms with Crippen LogP contribution < -0.4 is 19.1 Å². The molecule has 196 valence electrons. The molecule has 2 N–H and O–H groups in total. The molecule has 12 heteroatoms. The van der Waals surface area contributed by atoms with Crippen LogP contribution >= 0.6 is 11.3 Å². The topological polar surface area (TPSA) is 145 Å². The number of methoxy groups -OCH3 is 2. The van der Waals surface area contributed by atoms with Crippen molar-refractivity contribution in [3.8, 4) is 23.0 Å². The molecule has 11 nitrogen and oxygen atoms in total. The van der Waals surface area contributed by atoms with Crippen LogP contribution in [0.2, 0.25) is 0 Å². The Kier molecular flexibility index (Phi) is 6.41. The van der Waals surface area contributed by atoms with Crippen molar-refractivity contribution >= 4 is 39.9 Å². The maximum absolute atomic E-state index is 13.4. The fourth-order valence-electron chi connectivity index (χ4n) is 4.32. The summed E-state index contributed by atoms with van der Waals surface area (Å²) < 4.78 is 21.2. The molecule has 5 rings (SSSR count). The fourth-order valence-corrected chi connectivity index (χ4v) is 5.33. The number of hydrogen-bond donors (Lipinski definition) is 2. The summed E-state index contributed by atoms with van der Waals surface area (Å²) >= 11 is 0.881. The van der Waals surface area contributed by atoms with Gasteiger partial charge in [0, 0.05) is 5.56 Å². The van der Waals surface area contributed by atoms with Crippen molar-refractivity contribution in [2.75, 3.05) is 32.3 Å². The van der Waals surface area contributed by atoms with Crippen LogP contribution in [0, 0.1) is 6.92 Å². The van der Waals surface area contributed by atoms with Crippen molar-refractivity contribution in [3.63, 3.8) is 0 Å². The summed E-state index contributed by atoms with van der Waals surface area (Å²) in [5, 5.41) is 21.6. The molecule has 1 atom stereocenters. The maximum atomic E-state index is 13.4. The van der Waals surface area contributed by atoms with Gasteiger partial charge in [0.25, 0.3) is 5.78 Å². The van der Waals surface area contributed by atoms with Crippen molar-refractivity contribution in [2.24, 2.45) is 0 Å². The lowest BCUT2D eigenvalue weighted by Crippen LogP contribution is -2.29. The largest absolute Gasteiger partial charge is 0.507 e. The van der Waals surface area contributed by atoms with E-state index in [1.54, 1.807) is 19.1 Å². The lowest BCUT2D eigenvalue weighted by Gasteiger charge is -2.24. The number of rotatable bonds is 5. The SMILES string of the molecule is COC(=O)c1sc(N2C(=O)C(=O)C(=C(O)c3ccc4c(c3)OCCO4)C2c2ccc(O)c(OC)c2)nc1C. The number of carbonyl (C=O) groups is 3. The highest BCUT2D eigenvalue weighted by Gasteiger charge is 2.48. The van der Waals surface area contributed by atoms with Gasteiger partial charge >= 0.3 is 11.9 Å². The van der Waals surface area contributed by atoms with Crippen LogP contribution in [0.5, 0.6) is 23.0 Å². The Bertz CT molecular complexity index is 1510. The number of thiazole rings is 1. The summed E-state index contributed by atoms with van der Waals surface area (Å²) in [6.07, 6.45) is 0. The van der Waals surface area contributed by atoms with Crippen LogP contribution in [0.3, 0.4) is 0 Å². The molecule has 0 spiro atoms. The molecule has 1 fully saturated rings. The maximum Gasteiger partial charge on any atom is 0.350 e. The van der Waals surface area contributed by atoms with Crippen LogP contribution in [-0.2, 0) is 14.3 Å². The van der Waals surface area contributed by atoms with Gasteiger partial charge < -0.3 is 29.2 Å². The summed E-state index contributed by atoms with van der Waals surface area (Å²) in [4.78, 5) is 44.7. The average molecular weight is 539 g/mol. The number of aromatic hydroxyl groups is 1. The van der Waals surface area contributed by atoms with Crippen LogP contribution in [0.1, 0.15) is 32.5 Å². The number of phenols is 1. The molecular formula is C26H22N2O9S. The molecule has 1 aromatic heterocycles. The lowest BCUT2D eigenvalue weighted by atomic mass is 9.95. The number of aryl methyl sites for hydroxylation is 1. The first kappa shape index (κ1) is 25.1. The second kappa shape index (κ2) is 9.71. The first-order chi connectivity index (χ1) is 18.2. The number of fused-ring (bicyclic) bond motifs is 1. The third-order valence-corrected chi connectivity index (χ3v) is 7.28. The number of amides is 1. The molecule has 2 aromatic carbocycles. The Morgan fingerprint density at radius 3 is 2.55 bits per heavy atom. The Hall–Kier alpha value is -4.58. The highest BCUT2D eigenvalue weighted by atomic mass is 32.1. The number of carbonyl (C=O) groups excluding carboxylic acids is 3. The van der Waals surface area contributed by atoms with E-state index in [-0.39, 0.29) is 32.6 Å². The molecule has 0 radical (unpaired) electrons. The predicted molar refractivity (Wildman–Crippen MR) is 135 cm³/mol. The number of aromatic nitrogens is 1. The Labute approximate surface area is 220 Å². The number of phenolic OH excluding ortho intramolecular Hbond substituents is 1. The number of ether oxygens (including phenoxy) is 4. The minimum atomic E-state index is -1.16. The number of hydrogen-bond acceptors (Lipinski definition) is 11. The highest BCUT2D eigenvalue weighted by Crippen LogP contribution is 2.46. The first-order valence-electron chi connectivity index (χ1n) is 11.4. The molecule has 1 saturated heterocycles. The van der Waals surface area contributed by atoms with Gasteiger partial charge in [-0.05, 0) is 42.8 Å². The molecule has 3 heterocycles. The number of benzene rings is 2. The second-order valence-electron chi connectivity index (χ2n) is 8.36. The molecule has 1 unspecified atom stereocenters. The molecule has 2 aliphatic rings. The van der Waals surface area contributed by atoms with Gasteiger partial charge in [-0.1, -0.05) is 17.4 Å². The zero-order chi connectivity index (χ0) is 27.1. The van der Waals surface area contributed by atoms with Gasteiger partial charge in [-0.2, -0.15) is 0 Å².